The van der Waals surface area contributed by atoms with Gasteiger partial charge >= 0.3 is 0 Å². The van der Waals surface area contributed by atoms with Gasteiger partial charge in [0.25, 0.3) is 11.8 Å². The van der Waals surface area contributed by atoms with Crippen LogP contribution in [-0.4, -0.2) is 34.0 Å². The molecular weight excluding hydrogens is 308 g/mol. The topological polar surface area (TPSA) is 85.2 Å². The number of hydrogen-bond acceptors (Lipinski definition) is 4. The van der Waals surface area contributed by atoms with Crippen LogP contribution in [0.4, 0.5) is 5.69 Å². The van der Waals surface area contributed by atoms with Crippen LogP contribution in [0.1, 0.15) is 30.1 Å². The van der Waals surface area contributed by atoms with Crippen LogP contribution < -0.4 is 15.4 Å². The van der Waals surface area contributed by atoms with Gasteiger partial charge in [0.05, 0.1) is 17.6 Å². The quantitative estimate of drug-likeness (QED) is 0.792. The number of amides is 2. The fourth-order valence-electron chi connectivity index (χ4n) is 2.54. The average Bonchev–Trinajstić information content (AvgIpc) is 3.08. The lowest BCUT2D eigenvalue weighted by atomic mass is 10.1. The molecule has 3 rings (SSSR count). The highest BCUT2D eigenvalue weighted by Gasteiger charge is 2.27. The molecule has 0 fully saturated rings. The molecule has 0 saturated heterocycles. The third kappa shape index (κ3) is 3.56. The Kier molecular flexibility index (Phi) is 4.79. The minimum Gasteiger partial charge on any atom is -0.478 e. The average molecular weight is 328 g/mol. The first-order valence-corrected chi connectivity index (χ1v) is 7.99. The van der Waals surface area contributed by atoms with E-state index in [1.807, 2.05) is 10.8 Å². The van der Waals surface area contributed by atoms with Gasteiger partial charge in [0.15, 0.2) is 11.9 Å². The van der Waals surface area contributed by atoms with E-state index in [1.165, 1.54) is 0 Å². The van der Waals surface area contributed by atoms with Gasteiger partial charge in [-0.05, 0) is 31.9 Å². The summed E-state index contributed by atoms with van der Waals surface area (Å²) in [6.45, 7) is 3.12. The number of anilines is 1. The van der Waals surface area contributed by atoms with E-state index in [4.69, 9.17) is 4.74 Å². The molecule has 1 aromatic carbocycles. The fraction of sp³-hybridized carbons (Fsp3) is 0.353. The molecule has 1 atom stereocenters. The Labute approximate surface area is 140 Å². The first-order valence-electron chi connectivity index (χ1n) is 7.99. The van der Waals surface area contributed by atoms with Gasteiger partial charge in [0.1, 0.15) is 0 Å². The summed E-state index contributed by atoms with van der Waals surface area (Å²) in [6, 6.07) is 5.15. The first-order chi connectivity index (χ1) is 11.6. The number of hydrogen-bond donors (Lipinski definition) is 2. The predicted molar refractivity (Wildman–Crippen MR) is 89.0 cm³/mol. The largest absolute Gasteiger partial charge is 0.478 e. The Balaban J connectivity index is 1.54. The molecule has 2 amide bonds. The van der Waals surface area contributed by atoms with Gasteiger partial charge in [0.2, 0.25) is 0 Å². The van der Waals surface area contributed by atoms with Gasteiger partial charge in [-0.15, -0.1) is 0 Å². The Morgan fingerprint density at radius 2 is 2.29 bits per heavy atom. The lowest BCUT2D eigenvalue weighted by Crippen LogP contribution is -2.36. The third-order valence-corrected chi connectivity index (χ3v) is 3.87. The molecule has 0 spiro atoms. The van der Waals surface area contributed by atoms with E-state index >= 15 is 0 Å². The van der Waals surface area contributed by atoms with Crippen LogP contribution in [-0.2, 0) is 11.3 Å². The van der Waals surface area contributed by atoms with Crippen molar-refractivity contribution < 1.29 is 14.3 Å². The van der Waals surface area contributed by atoms with Crippen molar-refractivity contribution >= 4 is 17.5 Å². The second kappa shape index (κ2) is 7.16. The lowest BCUT2D eigenvalue weighted by Gasteiger charge is -2.25. The summed E-state index contributed by atoms with van der Waals surface area (Å²) in [4.78, 5) is 28.0. The molecular formula is C17H20N4O3. The fourth-order valence-corrected chi connectivity index (χ4v) is 2.54. The molecule has 2 aromatic rings. The Morgan fingerprint density at radius 3 is 3.08 bits per heavy atom. The SMILES string of the molecule is CC1Oc2c(cccc2C(=O)NCCCCn2ccnc2)NC1=O. The van der Waals surface area contributed by atoms with Crippen molar-refractivity contribution in [1.82, 2.24) is 14.9 Å². The number of aromatic nitrogens is 2. The zero-order valence-electron chi connectivity index (χ0n) is 13.5. The Hall–Kier alpha value is -2.83. The van der Waals surface area contributed by atoms with Gasteiger partial charge in [0, 0.05) is 25.5 Å². The molecule has 1 aromatic heterocycles. The van der Waals surface area contributed by atoms with E-state index in [0.717, 1.165) is 19.4 Å². The molecule has 0 aliphatic carbocycles. The summed E-state index contributed by atoms with van der Waals surface area (Å²) in [5.74, 6) is 0.0258. The number of carbonyl (C=O) groups is 2. The highest BCUT2D eigenvalue weighted by molar-refractivity contribution is 6.03. The van der Waals surface area contributed by atoms with Gasteiger partial charge < -0.3 is 19.9 Å². The molecule has 126 valence electrons. The molecule has 0 radical (unpaired) electrons. The zero-order chi connectivity index (χ0) is 16.9. The van der Waals surface area contributed by atoms with Crippen molar-refractivity contribution in [2.75, 3.05) is 11.9 Å². The summed E-state index contributed by atoms with van der Waals surface area (Å²) in [5, 5.41) is 5.64. The predicted octanol–water partition coefficient (Wildman–Crippen LogP) is 1.81. The number of nitrogens with zero attached hydrogens (tertiary/aromatic N) is 2. The van der Waals surface area contributed by atoms with E-state index in [-0.39, 0.29) is 11.8 Å². The van der Waals surface area contributed by atoms with Crippen molar-refractivity contribution in [3.63, 3.8) is 0 Å². The molecule has 2 N–H and O–H groups in total. The number of benzene rings is 1. The van der Waals surface area contributed by atoms with Crippen LogP contribution in [0.2, 0.25) is 0 Å². The summed E-state index contributed by atoms with van der Waals surface area (Å²) in [5.41, 5.74) is 0.972. The maximum atomic E-state index is 12.4. The monoisotopic (exact) mass is 328 g/mol. The molecule has 24 heavy (non-hydrogen) atoms. The van der Waals surface area contributed by atoms with Crippen molar-refractivity contribution in [2.24, 2.45) is 0 Å². The van der Waals surface area contributed by atoms with Gasteiger partial charge in [-0.2, -0.15) is 0 Å². The molecule has 7 nitrogen and oxygen atoms in total. The number of para-hydroxylation sites is 1. The summed E-state index contributed by atoms with van der Waals surface area (Å²) in [7, 11) is 0. The van der Waals surface area contributed by atoms with E-state index in [1.54, 1.807) is 37.6 Å². The van der Waals surface area contributed by atoms with E-state index in [9.17, 15) is 9.59 Å². The van der Waals surface area contributed by atoms with Crippen LogP contribution in [0.5, 0.6) is 5.75 Å². The first kappa shape index (κ1) is 16.0. The molecule has 7 heteroatoms. The number of carbonyl (C=O) groups excluding carboxylic acids is 2. The molecule has 2 heterocycles. The van der Waals surface area contributed by atoms with Crippen LogP contribution in [0.15, 0.2) is 36.9 Å². The Bertz CT molecular complexity index is 727. The van der Waals surface area contributed by atoms with Crippen molar-refractivity contribution in [3.05, 3.63) is 42.5 Å². The maximum Gasteiger partial charge on any atom is 0.265 e. The molecule has 1 aliphatic rings. The zero-order valence-corrected chi connectivity index (χ0v) is 13.5. The minimum absolute atomic E-state index is 0.196. The smallest absolute Gasteiger partial charge is 0.265 e. The second-order valence-electron chi connectivity index (χ2n) is 5.70. The Morgan fingerprint density at radius 1 is 1.42 bits per heavy atom. The molecule has 1 unspecified atom stereocenters. The van der Waals surface area contributed by atoms with Gasteiger partial charge in [-0.25, -0.2) is 4.98 Å². The number of unbranched alkanes of at least 4 members (excludes halogenated alkanes) is 1. The highest BCUT2D eigenvalue weighted by Crippen LogP contribution is 2.33. The number of rotatable bonds is 6. The highest BCUT2D eigenvalue weighted by atomic mass is 16.5. The summed E-state index contributed by atoms with van der Waals surface area (Å²) >= 11 is 0. The van der Waals surface area contributed by atoms with E-state index in [2.05, 4.69) is 15.6 Å². The number of imidazole rings is 1. The maximum absolute atomic E-state index is 12.4. The lowest BCUT2D eigenvalue weighted by molar-refractivity contribution is -0.122. The van der Waals surface area contributed by atoms with Crippen LogP contribution in [0, 0.1) is 0 Å². The molecule has 0 bridgehead atoms. The molecule has 0 saturated carbocycles. The van der Waals surface area contributed by atoms with Crippen LogP contribution in [0.3, 0.4) is 0 Å². The van der Waals surface area contributed by atoms with Crippen LogP contribution >= 0.6 is 0 Å². The van der Waals surface area contributed by atoms with Gasteiger partial charge in [-0.1, -0.05) is 6.07 Å². The molecule has 1 aliphatic heterocycles. The number of ether oxygens (including phenoxy) is 1. The second-order valence-corrected chi connectivity index (χ2v) is 5.70. The summed E-state index contributed by atoms with van der Waals surface area (Å²) < 4.78 is 7.60. The number of aryl methyl sites for hydroxylation is 1. The van der Waals surface area contributed by atoms with Crippen molar-refractivity contribution in [2.45, 2.75) is 32.4 Å². The van der Waals surface area contributed by atoms with E-state index < -0.39 is 6.10 Å². The third-order valence-electron chi connectivity index (χ3n) is 3.87. The van der Waals surface area contributed by atoms with Crippen LogP contribution in [0.25, 0.3) is 0 Å². The standard InChI is InChI=1S/C17H20N4O3/c1-12-16(22)20-14-6-4-5-13(15(14)24-12)17(23)19-7-2-3-9-21-10-8-18-11-21/h4-6,8,10-12H,2-3,7,9H2,1H3,(H,19,23)(H,20,22). The normalized spacial score (nSPS) is 16.0. The van der Waals surface area contributed by atoms with Crippen molar-refractivity contribution in [3.8, 4) is 5.75 Å². The van der Waals surface area contributed by atoms with Gasteiger partial charge in [-0.3, -0.25) is 9.59 Å². The number of nitrogens with one attached hydrogen (secondary N) is 2. The number of fused-ring (bicyclic) bond motifs is 1. The minimum atomic E-state index is -0.610. The van der Waals surface area contributed by atoms with E-state index in [0.29, 0.717) is 23.5 Å². The van der Waals surface area contributed by atoms with Crippen molar-refractivity contribution in [1.29, 1.82) is 0 Å². The summed E-state index contributed by atoms with van der Waals surface area (Å²) in [6.07, 6.45) is 6.66.